The minimum atomic E-state index is -1.12. The molecule has 5 heteroatoms. The molecule has 1 saturated heterocycles. The SMILES string of the molecule is CN(CC1CCCO1)C(=O)/C=C/C(=O)O. The maximum Gasteiger partial charge on any atom is 0.328 e. The van der Waals surface area contributed by atoms with E-state index in [0.717, 1.165) is 31.6 Å². The summed E-state index contributed by atoms with van der Waals surface area (Å²) in [7, 11) is 1.64. The van der Waals surface area contributed by atoms with Gasteiger partial charge >= 0.3 is 5.97 Å². The highest BCUT2D eigenvalue weighted by atomic mass is 16.5. The van der Waals surface area contributed by atoms with Gasteiger partial charge in [-0.05, 0) is 12.8 Å². The summed E-state index contributed by atoms with van der Waals surface area (Å²) in [6.07, 6.45) is 3.97. The first-order valence-electron chi connectivity index (χ1n) is 4.87. The van der Waals surface area contributed by atoms with Crippen LogP contribution >= 0.6 is 0 Å². The van der Waals surface area contributed by atoms with E-state index < -0.39 is 5.97 Å². The van der Waals surface area contributed by atoms with Gasteiger partial charge in [-0.3, -0.25) is 4.79 Å². The Bertz CT molecular complexity index is 269. The van der Waals surface area contributed by atoms with Crippen LogP contribution in [0, 0.1) is 0 Å². The fourth-order valence-electron chi connectivity index (χ4n) is 1.45. The van der Waals surface area contributed by atoms with Gasteiger partial charge in [0.05, 0.1) is 6.10 Å². The summed E-state index contributed by atoms with van der Waals surface area (Å²) in [5.74, 6) is -1.43. The lowest BCUT2D eigenvalue weighted by Crippen LogP contribution is -2.32. The van der Waals surface area contributed by atoms with Gasteiger partial charge in [0.25, 0.3) is 0 Å². The number of ether oxygens (including phenoxy) is 1. The quantitative estimate of drug-likeness (QED) is 0.680. The summed E-state index contributed by atoms with van der Waals surface area (Å²) in [6, 6.07) is 0. The number of carboxylic acid groups (broad SMARTS) is 1. The summed E-state index contributed by atoms with van der Waals surface area (Å²) in [6.45, 7) is 1.26. The van der Waals surface area contributed by atoms with E-state index in [2.05, 4.69) is 0 Å². The standard InChI is InChI=1S/C10H15NO4/c1-11(7-8-3-2-6-15-8)9(12)4-5-10(13)14/h4-5,8H,2-3,6-7H2,1H3,(H,13,14)/b5-4+. The maximum atomic E-state index is 11.4. The van der Waals surface area contributed by atoms with Crippen LogP contribution in [0.5, 0.6) is 0 Å². The number of carbonyl (C=O) groups is 2. The summed E-state index contributed by atoms with van der Waals surface area (Å²) in [5.41, 5.74) is 0. The van der Waals surface area contributed by atoms with Crippen molar-refractivity contribution in [1.29, 1.82) is 0 Å². The number of carboxylic acids is 1. The topological polar surface area (TPSA) is 66.8 Å². The summed E-state index contributed by atoms with van der Waals surface area (Å²) >= 11 is 0. The van der Waals surface area contributed by atoms with Crippen molar-refractivity contribution >= 4 is 11.9 Å². The molecular weight excluding hydrogens is 198 g/mol. The summed E-state index contributed by atoms with van der Waals surface area (Å²) in [5, 5.41) is 8.35. The Balaban J connectivity index is 2.35. The molecule has 0 spiro atoms. The van der Waals surface area contributed by atoms with Gasteiger partial charge in [-0.25, -0.2) is 4.79 Å². The van der Waals surface area contributed by atoms with Gasteiger partial charge in [-0.1, -0.05) is 0 Å². The van der Waals surface area contributed by atoms with Gasteiger partial charge in [-0.2, -0.15) is 0 Å². The van der Waals surface area contributed by atoms with Gasteiger partial charge in [0.1, 0.15) is 0 Å². The summed E-state index contributed by atoms with van der Waals surface area (Å²) in [4.78, 5) is 23.0. The lowest BCUT2D eigenvalue weighted by atomic mass is 10.2. The minimum absolute atomic E-state index is 0.0946. The van der Waals surface area contributed by atoms with Crippen molar-refractivity contribution < 1.29 is 19.4 Å². The molecule has 0 aliphatic carbocycles. The molecular formula is C10H15NO4. The average Bonchev–Trinajstić information content (AvgIpc) is 2.66. The number of nitrogens with zero attached hydrogens (tertiary/aromatic N) is 1. The van der Waals surface area contributed by atoms with Crippen LogP contribution in [-0.4, -0.2) is 48.2 Å². The van der Waals surface area contributed by atoms with Gasteiger partial charge in [0.2, 0.25) is 5.91 Å². The second-order valence-corrected chi connectivity index (χ2v) is 3.53. The molecule has 1 N–H and O–H groups in total. The zero-order valence-electron chi connectivity index (χ0n) is 8.68. The third-order valence-corrected chi connectivity index (χ3v) is 2.25. The average molecular weight is 213 g/mol. The fourth-order valence-corrected chi connectivity index (χ4v) is 1.45. The lowest BCUT2D eigenvalue weighted by molar-refractivity contribution is -0.132. The van der Waals surface area contributed by atoms with Crippen LogP contribution < -0.4 is 0 Å². The third-order valence-electron chi connectivity index (χ3n) is 2.25. The molecule has 1 aliphatic heterocycles. The molecule has 1 atom stereocenters. The zero-order chi connectivity index (χ0) is 11.3. The zero-order valence-corrected chi connectivity index (χ0v) is 8.68. The first kappa shape index (κ1) is 11.7. The Morgan fingerprint density at radius 2 is 2.27 bits per heavy atom. The fraction of sp³-hybridized carbons (Fsp3) is 0.600. The molecule has 1 rings (SSSR count). The highest BCUT2D eigenvalue weighted by molar-refractivity contribution is 5.93. The lowest BCUT2D eigenvalue weighted by Gasteiger charge is -2.18. The Hall–Kier alpha value is -1.36. The predicted octanol–water partition coefficient (Wildman–Crippen LogP) is 0.265. The van der Waals surface area contributed by atoms with Crippen LogP contribution in [0.1, 0.15) is 12.8 Å². The van der Waals surface area contributed by atoms with Crippen molar-refractivity contribution in [2.24, 2.45) is 0 Å². The highest BCUT2D eigenvalue weighted by Crippen LogP contribution is 2.12. The van der Waals surface area contributed by atoms with Crippen molar-refractivity contribution in [3.8, 4) is 0 Å². The number of rotatable bonds is 4. The molecule has 0 saturated carbocycles. The van der Waals surface area contributed by atoms with Gasteiger partial charge < -0.3 is 14.7 Å². The smallest absolute Gasteiger partial charge is 0.328 e. The Kier molecular flexibility index (Phi) is 4.30. The van der Waals surface area contributed by atoms with E-state index >= 15 is 0 Å². The second-order valence-electron chi connectivity index (χ2n) is 3.53. The molecule has 15 heavy (non-hydrogen) atoms. The van der Waals surface area contributed by atoms with E-state index in [1.807, 2.05) is 0 Å². The molecule has 0 aromatic rings. The number of aliphatic carboxylic acids is 1. The monoisotopic (exact) mass is 213 g/mol. The molecule has 1 fully saturated rings. The molecule has 5 nitrogen and oxygen atoms in total. The third kappa shape index (κ3) is 4.12. The van der Waals surface area contributed by atoms with Crippen LogP contribution in [0.25, 0.3) is 0 Å². The Morgan fingerprint density at radius 3 is 2.80 bits per heavy atom. The van der Waals surface area contributed by atoms with Gasteiger partial charge in [-0.15, -0.1) is 0 Å². The van der Waals surface area contributed by atoms with E-state index in [1.165, 1.54) is 4.90 Å². The largest absolute Gasteiger partial charge is 0.478 e. The van der Waals surface area contributed by atoms with Crippen LogP contribution in [0.15, 0.2) is 12.2 Å². The number of hydrogen-bond donors (Lipinski definition) is 1. The number of likely N-dealkylation sites (N-methyl/N-ethyl adjacent to an activating group) is 1. The van der Waals surface area contributed by atoms with E-state index in [-0.39, 0.29) is 12.0 Å². The number of hydrogen-bond acceptors (Lipinski definition) is 3. The Labute approximate surface area is 88.3 Å². The maximum absolute atomic E-state index is 11.4. The second kappa shape index (κ2) is 5.50. The van der Waals surface area contributed by atoms with Gasteiger partial charge in [0.15, 0.2) is 0 Å². The van der Waals surface area contributed by atoms with Crippen molar-refractivity contribution in [3.05, 3.63) is 12.2 Å². The molecule has 1 amide bonds. The molecule has 0 radical (unpaired) electrons. The molecule has 84 valence electrons. The molecule has 0 aromatic heterocycles. The number of amides is 1. The summed E-state index contributed by atoms with van der Waals surface area (Å²) < 4.78 is 5.37. The van der Waals surface area contributed by atoms with Gasteiger partial charge in [0, 0.05) is 32.4 Å². The first-order valence-corrected chi connectivity index (χ1v) is 4.87. The van der Waals surface area contributed by atoms with Crippen LogP contribution in [0.3, 0.4) is 0 Å². The van der Waals surface area contributed by atoms with E-state index in [1.54, 1.807) is 7.05 Å². The van der Waals surface area contributed by atoms with Crippen LogP contribution in [0.2, 0.25) is 0 Å². The van der Waals surface area contributed by atoms with Crippen molar-refractivity contribution in [3.63, 3.8) is 0 Å². The first-order chi connectivity index (χ1) is 7.09. The van der Waals surface area contributed by atoms with Crippen LogP contribution in [-0.2, 0) is 14.3 Å². The minimum Gasteiger partial charge on any atom is -0.478 e. The molecule has 0 aromatic carbocycles. The van der Waals surface area contributed by atoms with Crippen molar-refractivity contribution in [1.82, 2.24) is 4.90 Å². The van der Waals surface area contributed by atoms with Crippen molar-refractivity contribution in [2.75, 3.05) is 20.2 Å². The molecule has 1 heterocycles. The van der Waals surface area contributed by atoms with E-state index in [0.29, 0.717) is 6.54 Å². The molecule has 1 unspecified atom stereocenters. The number of carbonyl (C=O) groups excluding carboxylic acids is 1. The van der Waals surface area contributed by atoms with E-state index in [4.69, 9.17) is 9.84 Å². The Morgan fingerprint density at radius 1 is 1.53 bits per heavy atom. The van der Waals surface area contributed by atoms with Crippen LogP contribution in [0.4, 0.5) is 0 Å². The molecule has 1 aliphatic rings. The molecule has 0 bridgehead atoms. The normalized spacial score (nSPS) is 20.7. The predicted molar refractivity (Wildman–Crippen MR) is 53.4 cm³/mol. The van der Waals surface area contributed by atoms with Crippen molar-refractivity contribution in [2.45, 2.75) is 18.9 Å². The van der Waals surface area contributed by atoms with E-state index in [9.17, 15) is 9.59 Å². The highest BCUT2D eigenvalue weighted by Gasteiger charge is 2.18.